The summed E-state index contributed by atoms with van der Waals surface area (Å²) in [4.78, 5) is 2.59. The van der Waals surface area contributed by atoms with Gasteiger partial charge in [0.05, 0.1) is 10.3 Å². The lowest BCUT2D eigenvalue weighted by Crippen LogP contribution is -1.99. The number of benzene rings is 2. The van der Waals surface area contributed by atoms with E-state index < -0.39 is 10.1 Å². The van der Waals surface area contributed by atoms with Crippen molar-refractivity contribution >= 4 is 26.6 Å². The lowest BCUT2D eigenvalue weighted by Gasteiger charge is -2.08. The minimum absolute atomic E-state index is 0. The van der Waals surface area contributed by atoms with Gasteiger partial charge in [0.1, 0.15) is 10.1 Å². The van der Waals surface area contributed by atoms with Crippen molar-refractivity contribution in [1.82, 2.24) is 0 Å². The third-order valence-corrected chi connectivity index (χ3v) is 3.10. The molecule has 0 atom stereocenters. The number of diazo groups is 1. The van der Waals surface area contributed by atoms with Gasteiger partial charge in [0.2, 0.25) is 5.39 Å². The molecule has 0 radical (unpaired) electrons. The van der Waals surface area contributed by atoms with E-state index in [1.165, 1.54) is 18.2 Å². The predicted octanol–water partition coefficient (Wildman–Crippen LogP) is 2.34. The maximum Gasteiger partial charge on any atom is 1.00 e. The Morgan fingerprint density at radius 3 is 2.38 bits per heavy atom. The maximum atomic E-state index is 11.0. The minimum Gasteiger partial charge on any atom is -0.744 e. The van der Waals surface area contributed by atoms with E-state index in [2.05, 4.69) is 4.98 Å². The maximum absolute atomic E-state index is 11.0. The molecule has 0 aliphatic heterocycles. The molecule has 16 heavy (non-hydrogen) atoms. The fraction of sp³-hybridized carbons (Fsp3) is 0. The number of hydrogen-bond acceptors (Lipinski definition) is 4. The van der Waals surface area contributed by atoms with E-state index >= 15 is 0 Å². The van der Waals surface area contributed by atoms with E-state index in [1.807, 2.05) is 0 Å². The zero-order chi connectivity index (χ0) is 11.8. The summed E-state index contributed by atoms with van der Waals surface area (Å²) >= 11 is 0. The van der Waals surface area contributed by atoms with E-state index in [1.54, 1.807) is 18.2 Å². The summed E-state index contributed by atoms with van der Waals surface area (Å²) in [7, 11) is -4.58. The molecule has 0 amide bonds. The second-order valence-electron chi connectivity index (χ2n) is 3.19. The van der Waals surface area contributed by atoms with Crippen LogP contribution in [-0.2, 0) is 10.1 Å². The summed E-state index contributed by atoms with van der Waals surface area (Å²) in [6.07, 6.45) is 0. The first-order valence-electron chi connectivity index (χ1n) is 4.37. The Balaban J connectivity index is 0.00000144. The van der Waals surface area contributed by atoms with Crippen LogP contribution in [0.15, 0.2) is 41.3 Å². The molecule has 0 heterocycles. The Bertz CT molecular complexity index is 702. The summed E-state index contributed by atoms with van der Waals surface area (Å²) in [6.45, 7) is 0. The smallest absolute Gasteiger partial charge is 0.744 e. The molecule has 6 heteroatoms. The molecule has 0 aromatic heterocycles. The summed E-state index contributed by atoms with van der Waals surface area (Å²) < 4.78 is 33.1. The standard InChI is InChI=1S/C10H6N2O3S/c11-12-8-5-1-3-7-4-2-6-9(10(7)8)16(13,14)15/h1-6H/p+1. The first kappa shape index (κ1) is 10.5. The lowest BCUT2D eigenvalue weighted by atomic mass is 10.1. The van der Waals surface area contributed by atoms with E-state index in [4.69, 9.17) is 5.39 Å². The van der Waals surface area contributed by atoms with Crippen LogP contribution in [-0.4, -0.2) is 13.0 Å². The summed E-state index contributed by atoms with van der Waals surface area (Å²) in [5, 5.41) is 9.43. The second-order valence-corrected chi connectivity index (χ2v) is 4.53. The average Bonchev–Trinajstić information content (AvgIpc) is 2.26. The molecule has 0 spiro atoms. The van der Waals surface area contributed by atoms with Gasteiger partial charge in [0.25, 0.3) is 0 Å². The van der Waals surface area contributed by atoms with Crippen LogP contribution in [0.5, 0.6) is 0 Å². The molecule has 5 nitrogen and oxygen atoms in total. The highest BCUT2D eigenvalue weighted by Gasteiger charge is 2.17. The molecule has 0 saturated carbocycles. The minimum atomic E-state index is -4.58. The van der Waals surface area contributed by atoms with Crippen LogP contribution in [0.25, 0.3) is 15.7 Å². The topological polar surface area (TPSA) is 85.3 Å². The fourth-order valence-electron chi connectivity index (χ4n) is 1.58. The van der Waals surface area contributed by atoms with E-state index in [0.29, 0.717) is 5.39 Å². The Labute approximate surface area is 93.2 Å². The summed E-state index contributed by atoms with van der Waals surface area (Å²) in [5.74, 6) is 0. The molecule has 2 aromatic carbocycles. The van der Waals surface area contributed by atoms with E-state index in [9.17, 15) is 13.0 Å². The van der Waals surface area contributed by atoms with Crippen molar-refractivity contribution in [1.29, 1.82) is 5.39 Å². The van der Waals surface area contributed by atoms with Gasteiger partial charge in [-0.3, -0.25) is 0 Å². The normalized spacial score (nSPS) is 11.2. The first-order chi connectivity index (χ1) is 7.54. The molecule has 2 rings (SSSR count). The van der Waals surface area contributed by atoms with Crippen LogP contribution in [0.3, 0.4) is 0 Å². The van der Waals surface area contributed by atoms with E-state index in [0.717, 1.165) is 0 Å². The second kappa shape index (κ2) is 3.56. The first-order valence-corrected chi connectivity index (χ1v) is 5.77. The summed E-state index contributed by atoms with van der Waals surface area (Å²) in [5.41, 5.74) is 0.0625. The SMILES string of the molecule is N#[N+]c1cccc2cccc(S(=O)(=O)[O-])c12.[H+]. The zero-order valence-electron chi connectivity index (χ0n) is 8.99. The van der Waals surface area contributed by atoms with Gasteiger partial charge in [-0.25, -0.2) is 8.42 Å². The molecule has 80 valence electrons. The summed E-state index contributed by atoms with van der Waals surface area (Å²) in [6, 6.07) is 8.97. The van der Waals surface area contributed by atoms with Crippen molar-refractivity contribution in [2.24, 2.45) is 0 Å². The Kier molecular flexibility index (Phi) is 2.34. The van der Waals surface area contributed by atoms with Crippen LogP contribution in [0.1, 0.15) is 1.43 Å². The predicted molar refractivity (Wildman–Crippen MR) is 57.8 cm³/mol. The van der Waals surface area contributed by atoms with Gasteiger partial charge in [-0.05, 0) is 11.5 Å². The quantitative estimate of drug-likeness (QED) is 0.560. The van der Waals surface area contributed by atoms with E-state index in [-0.39, 0.29) is 17.4 Å². The number of hydrogen-bond donors (Lipinski definition) is 0. The van der Waals surface area contributed by atoms with Crippen LogP contribution in [0.4, 0.5) is 5.69 Å². The van der Waals surface area contributed by atoms with Gasteiger partial charge in [0.15, 0.2) is 4.98 Å². The van der Waals surface area contributed by atoms with Crippen molar-refractivity contribution in [3.63, 3.8) is 0 Å². The zero-order valence-corrected chi connectivity index (χ0v) is 8.81. The third-order valence-electron chi connectivity index (χ3n) is 2.22. The van der Waals surface area contributed by atoms with Gasteiger partial charge in [-0.1, -0.05) is 24.3 Å². The fourth-order valence-corrected chi connectivity index (χ4v) is 2.30. The molecule has 0 bridgehead atoms. The van der Waals surface area contributed by atoms with Crippen LogP contribution in [0, 0.1) is 5.39 Å². The molecular weight excluding hydrogens is 228 g/mol. The third kappa shape index (κ3) is 1.62. The van der Waals surface area contributed by atoms with Crippen LogP contribution >= 0.6 is 0 Å². The van der Waals surface area contributed by atoms with Gasteiger partial charge in [0, 0.05) is 6.07 Å². The van der Waals surface area contributed by atoms with Crippen molar-refractivity contribution in [2.75, 3.05) is 0 Å². The molecule has 0 aliphatic carbocycles. The number of fused-ring (bicyclic) bond motifs is 1. The average molecular weight is 235 g/mol. The van der Waals surface area contributed by atoms with Crippen molar-refractivity contribution in [2.45, 2.75) is 4.90 Å². The molecular formula is C10H7N2O3S+. The Morgan fingerprint density at radius 2 is 1.81 bits per heavy atom. The monoisotopic (exact) mass is 235 g/mol. The molecule has 0 fully saturated rings. The molecule has 2 aromatic rings. The van der Waals surface area contributed by atoms with Crippen molar-refractivity contribution in [3.8, 4) is 0 Å². The molecule has 0 unspecified atom stereocenters. The highest BCUT2D eigenvalue weighted by atomic mass is 32.2. The highest BCUT2D eigenvalue weighted by Crippen LogP contribution is 2.31. The lowest BCUT2D eigenvalue weighted by molar-refractivity contribution is 0.464. The Hall–Kier alpha value is -1.97. The van der Waals surface area contributed by atoms with Crippen LogP contribution in [0.2, 0.25) is 0 Å². The molecule has 0 aliphatic rings. The highest BCUT2D eigenvalue weighted by molar-refractivity contribution is 7.86. The largest absolute Gasteiger partial charge is 1.00 e. The van der Waals surface area contributed by atoms with Gasteiger partial charge in [-0.15, -0.1) is 0 Å². The number of rotatable bonds is 1. The van der Waals surface area contributed by atoms with Gasteiger partial charge < -0.3 is 4.55 Å². The van der Waals surface area contributed by atoms with Crippen molar-refractivity contribution in [3.05, 3.63) is 41.4 Å². The Morgan fingerprint density at radius 1 is 1.19 bits per heavy atom. The molecule has 0 saturated heterocycles. The molecule has 0 N–H and O–H groups in total. The number of nitrogens with zero attached hydrogens (tertiary/aromatic N) is 2. The van der Waals surface area contributed by atoms with Crippen molar-refractivity contribution < 1.29 is 14.4 Å². The van der Waals surface area contributed by atoms with Gasteiger partial charge in [-0.2, -0.15) is 0 Å². The van der Waals surface area contributed by atoms with Gasteiger partial charge >= 0.3 is 7.11 Å². The van der Waals surface area contributed by atoms with Crippen LogP contribution < -0.4 is 0 Å².